The molecule has 0 aliphatic heterocycles. The van der Waals surface area contributed by atoms with E-state index < -0.39 is 0 Å². The first-order valence-corrected chi connectivity index (χ1v) is 6.15. The number of aromatic nitrogens is 3. The molecule has 0 saturated carbocycles. The van der Waals surface area contributed by atoms with Crippen molar-refractivity contribution in [3.8, 4) is 5.75 Å². The van der Waals surface area contributed by atoms with Gasteiger partial charge in [-0.25, -0.2) is 4.68 Å². The minimum atomic E-state index is -0.233. The van der Waals surface area contributed by atoms with Crippen molar-refractivity contribution in [1.29, 1.82) is 0 Å². The molecule has 0 spiro atoms. The molecule has 0 aliphatic carbocycles. The van der Waals surface area contributed by atoms with E-state index in [1.807, 2.05) is 0 Å². The van der Waals surface area contributed by atoms with Crippen molar-refractivity contribution in [3.63, 3.8) is 0 Å². The molecule has 94 valence electrons. The molecule has 2 rings (SSSR count). The van der Waals surface area contributed by atoms with Gasteiger partial charge in [-0.2, -0.15) is 0 Å². The van der Waals surface area contributed by atoms with Gasteiger partial charge < -0.3 is 4.74 Å². The summed E-state index contributed by atoms with van der Waals surface area (Å²) in [5.74, 6) is 0.184. The van der Waals surface area contributed by atoms with Crippen LogP contribution < -0.4 is 4.74 Å². The van der Waals surface area contributed by atoms with E-state index in [-0.39, 0.29) is 5.78 Å². The van der Waals surface area contributed by atoms with Gasteiger partial charge in [0.15, 0.2) is 4.60 Å². The molecule has 1 aromatic carbocycles. The molecule has 1 heterocycles. The van der Waals surface area contributed by atoms with E-state index in [0.29, 0.717) is 26.6 Å². The first kappa shape index (κ1) is 13.0. The van der Waals surface area contributed by atoms with Crippen LogP contribution in [0.4, 0.5) is 0 Å². The summed E-state index contributed by atoms with van der Waals surface area (Å²) in [4.78, 5) is 12.4. The van der Waals surface area contributed by atoms with E-state index in [1.54, 1.807) is 25.2 Å². The maximum Gasteiger partial charge on any atom is 0.217 e. The van der Waals surface area contributed by atoms with E-state index in [1.165, 1.54) is 11.8 Å². The van der Waals surface area contributed by atoms with Gasteiger partial charge in [0.1, 0.15) is 11.4 Å². The van der Waals surface area contributed by atoms with Crippen LogP contribution in [0.1, 0.15) is 16.1 Å². The van der Waals surface area contributed by atoms with Gasteiger partial charge in [-0.3, -0.25) is 4.79 Å². The summed E-state index contributed by atoms with van der Waals surface area (Å²) >= 11 is 9.05. The number of ketones is 1. The van der Waals surface area contributed by atoms with E-state index in [9.17, 15) is 4.79 Å². The van der Waals surface area contributed by atoms with Gasteiger partial charge in [0.2, 0.25) is 5.78 Å². The quantitative estimate of drug-likeness (QED) is 0.811. The second-order valence-corrected chi connectivity index (χ2v) is 4.71. The topological polar surface area (TPSA) is 57.0 Å². The molecule has 0 bridgehead atoms. The summed E-state index contributed by atoms with van der Waals surface area (Å²) < 4.78 is 6.95. The third-order valence-electron chi connectivity index (χ3n) is 2.41. The van der Waals surface area contributed by atoms with Crippen LogP contribution in [0.3, 0.4) is 0 Å². The number of aryl methyl sites for hydroxylation is 1. The molecule has 7 heteroatoms. The number of halogens is 2. The highest BCUT2D eigenvalue weighted by Crippen LogP contribution is 2.26. The second-order valence-electron chi connectivity index (χ2n) is 3.53. The molecule has 0 atom stereocenters. The Bertz CT molecular complexity index is 593. The van der Waals surface area contributed by atoms with Gasteiger partial charge in [0.05, 0.1) is 12.7 Å². The summed E-state index contributed by atoms with van der Waals surface area (Å²) in [6.07, 6.45) is 0. The molecule has 0 radical (unpaired) electrons. The van der Waals surface area contributed by atoms with Gasteiger partial charge in [-0.1, -0.05) is 16.8 Å². The predicted octanol–water partition coefficient (Wildman–Crippen LogP) is 2.47. The molecule has 2 aromatic rings. The fourth-order valence-electron chi connectivity index (χ4n) is 1.55. The van der Waals surface area contributed by atoms with Gasteiger partial charge in [-0.05, 0) is 34.1 Å². The van der Waals surface area contributed by atoms with Crippen LogP contribution in [-0.2, 0) is 7.05 Å². The Kier molecular flexibility index (Phi) is 3.68. The van der Waals surface area contributed by atoms with Crippen molar-refractivity contribution >= 4 is 33.3 Å². The third-order valence-corrected chi connectivity index (χ3v) is 3.18. The number of nitrogens with zero attached hydrogens (tertiary/aromatic N) is 3. The molecule has 0 aliphatic rings. The average molecular weight is 331 g/mol. The van der Waals surface area contributed by atoms with E-state index in [4.69, 9.17) is 16.3 Å². The minimum Gasteiger partial charge on any atom is -0.496 e. The van der Waals surface area contributed by atoms with Crippen LogP contribution in [0.2, 0.25) is 5.02 Å². The zero-order valence-electron chi connectivity index (χ0n) is 9.65. The standard InChI is InChI=1S/C11H9BrClN3O2/c1-16-9(11(12)14-15-16)10(17)7-4-3-6(13)5-8(7)18-2/h3-5H,1-2H3. The summed E-state index contributed by atoms with van der Waals surface area (Å²) in [6, 6.07) is 4.84. The van der Waals surface area contributed by atoms with Crippen LogP contribution >= 0.6 is 27.5 Å². The summed E-state index contributed by atoms with van der Waals surface area (Å²) in [5.41, 5.74) is 0.767. The van der Waals surface area contributed by atoms with Crippen molar-refractivity contribution < 1.29 is 9.53 Å². The van der Waals surface area contributed by atoms with Crippen LogP contribution in [0.15, 0.2) is 22.8 Å². The second kappa shape index (κ2) is 5.07. The number of benzene rings is 1. The lowest BCUT2D eigenvalue weighted by atomic mass is 10.1. The van der Waals surface area contributed by atoms with Gasteiger partial charge >= 0.3 is 0 Å². The third kappa shape index (κ3) is 2.26. The Labute approximate surface area is 117 Å². The molecule has 0 N–H and O–H groups in total. The number of methoxy groups -OCH3 is 1. The monoisotopic (exact) mass is 329 g/mol. The molecular weight excluding hydrogens is 321 g/mol. The number of hydrogen-bond acceptors (Lipinski definition) is 4. The maximum absolute atomic E-state index is 12.4. The van der Waals surface area contributed by atoms with Crippen LogP contribution in [0.5, 0.6) is 5.75 Å². The molecule has 0 unspecified atom stereocenters. The molecule has 1 aromatic heterocycles. The van der Waals surface area contributed by atoms with Crippen molar-refractivity contribution in [2.45, 2.75) is 0 Å². The molecule has 0 saturated heterocycles. The average Bonchev–Trinajstić information content (AvgIpc) is 2.68. The van der Waals surface area contributed by atoms with E-state index >= 15 is 0 Å². The van der Waals surface area contributed by atoms with Gasteiger partial charge in [0, 0.05) is 12.1 Å². The van der Waals surface area contributed by atoms with Crippen LogP contribution in [-0.4, -0.2) is 27.9 Å². The number of hydrogen-bond donors (Lipinski definition) is 0. The molecule has 5 nitrogen and oxygen atoms in total. The molecule has 0 fully saturated rings. The van der Waals surface area contributed by atoms with Crippen molar-refractivity contribution in [2.75, 3.05) is 7.11 Å². The Morgan fingerprint density at radius 3 is 2.78 bits per heavy atom. The smallest absolute Gasteiger partial charge is 0.217 e. The highest BCUT2D eigenvalue weighted by molar-refractivity contribution is 9.10. The largest absolute Gasteiger partial charge is 0.496 e. The number of ether oxygens (including phenoxy) is 1. The highest BCUT2D eigenvalue weighted by atomic mass is 79.9. The zero-order chi connectivity index (χ0) is 13.3. The normalized spacial score (nSPS) is 10.4. The lowest BCUT2D eigenvalue weighted by Crippen LogP contribution is -2.10. The maximum atomic E-state index is 12.4. The van der Waals surface area contributed by atoms with Crippen molar-refractivity contribution in [2.24, 2.45) is 7.05 Å². The fraction of sp³-hybridized carbons (Fsp3) is 0.182. The Morgan fingerprint density at radius 1 is 1.50 bits per heavy atom. The highest BCUT2D eigenvalue weighted by Gasteiger charge is 2.21. The predicted molar refractivity (Wildman–Crippen MR) is 70.1 cm³/mol. The zero-order valence-corrected chi connectivity index (χ0v) is 12.0. The Balaban J connectivity index is 2.53. The van der Waals surface area contributed by atoms with Crippen LogP contribution in [0.25, 0.3) is 0 Å². The fourth-order valence-corrected chi connectivity index (χ4v) is 2.22. The first-order valence-electron chi connectivity index (χ1n) is 4.98. The summed E-state index contributed by atoms with van der Waals surface area (Å²) in [7, 11) is 3.13. The number of rotatable bonds is 3. The van der Waals surface area contributed by atoms with Crippen molar-refractivity contribution in [3.05, 3.63) is 39.1 Å². The molecule has 0 amide bonds. The number of carbonyl (C=O) groups excluding carboxylic acids is 1. The summed E-state index contributed by atoms with van der Waals surface area (Å²) in [6.45, 7) is 0. The van der Waals surface area contributed by atoms with Gasteiger partial charge in [0.25, 0.3) is 0 Å². The lowest BCUT2D eigenvalue weighted by Gasteiger charge is -2.08. The lowest BCUT2D eigenvalue weighted by molar-refractivity contribution is 0.102. The van der Waals surface area contributed by atoms with Crippen LogP contribution in [0, 0.1) is 0 Å². The first-order chi connectivity index (χ1) is 8.54. The molecule has 18 heavy (non-hydrogen) atoms. The minimum absolute atomic E-state index is 0.233. The Hall–Kier alpha value is -1.40. The SMILES string of the molecule is COc1cc(Cl)ccc1C(=O)c1c(Br)nnn1C. The molecular formula is C11H9BrClN3O2. The van der Waals surface area contributed by atoms with E-state index in [0.717, 1.165) is 0 Å². The summed E-state index contributed by atoms with van der Waals surface area (Å²) in [5, 5.41) is 8.05. The van der Waals surface area contributed by atoms with E-state index in [2.05, 4.69) is 26.2 Å². The number of carbonyl (C=O) groups is 1. The van der Waals surface area contributed by atoms with Gasteiger partial charge in [-0.15, -0.1) is 5.10 Å². The Morgan fingerprint density at radius 2 is 2.22 bits per heavy atom. The van der Waals surface area contributed by atoms with Crippen molar-refractivity contribution in [1.82, 2.24) is 15.0 Å².